The van der Waals surface area contributed by atoms with E-state index in [0.717, 1.165) is 36.3 Å². The van der Waals surface area contributed by atoms with E-state index in [-0.39, 0.29) is 47.2 Å². The zero-order valence-electron chi connectivity index (χ0n) is 22.4. The van der Waals surface area contributed by atoms with Crippen molar-refractivity contribution in [3.05, 3.63) is 72.7 Å². The number of anilines is 1. The summed E-state index contributed by atoms with van der Waals surface area (Å²) in [6.45, 7) is 6.33. The summed E-state index contributed by atoms with van der Waals surface area (Å²) in [7, 11) is 1.47. The van der Waals surface area contributed by atoms with E-state index in [0.29, 0.717) is 26.2 Å². The lowest BCUT2D eigenvalue weighted by Gasteiger charge is -2.51. The lowest BCUT2D eigenvalue weighted by Crippen LogP contribution is -2.58. The second-order valence-corrected chi connectivity index (χ2v) is 11.3. The van der Waals surface area contributed by atoms with Crippen LogP contribution in [0.5, 0.6) is 0 Å². The van der Waals surface area contributed by atoms with Crippen LogP contribution in [0.2, 0.25) is 0 Å². The summed E-state index contributed by atoms with van der Waals surface area (Å²) in [5.41, 5.74) is 3.75. The first-order valence-electron chi connectivity index (χ1n) is 13.8. The zero-order valence-corrected chi connectivity index (χ0v) is 22.4. The molecule has 0 aromatic heterocycles. The molecule has 201 valence electrons. The number of fused-ring (bicyclic) bond motifs is 1. The van der Waals surface area contributed by atoms with Crippen LogP contribution < -0.4 is 5.32 Å². The molecule has 6 atom stereocenters. The minimum atomic E-state index is -0.340. The number of methoxy groups -OCH3 is 1. The quantitative estimate of drug-likeness (QED) is 0.574. The van der Waals surface area contributed by atoms with Crippen LogP contribution in [0.25, 0.3) is 0 Å². The van der Waals surface area contributed by atoms with Crippen LogP contribution in [0.3, 0.4) is 0 Å². The SMILES string of the molecule is COC(=O)C1=C2Nc3ccccc3[C@@]23CCN([C@@H](C)[C]2[CH][CH][CH][CH]2)[C@H]3[C@H]([C@H]2COCC[C@H]2COC(C)=O)C1. The highest BCUT2D eigenvalue weighted by Crippen LogP contribution is 2.61. The molecule has 2 aliphatic carbocycles. The van der Waals surface area contributed by atoms with Crippen molar-refractivity contribution in [2.75, 3.05) is 38.8 Å². The molecule has 6 rings (SSSR count). The minimum absolute atomic E-state index is 0.126. The molecule has 1 aromatic carbocycles. The van der Waals surface area contributed by atoms with Gasteiger partial charge in [-0.05, 0) is 75.3 Å². The molecule has 5 radical (unpaired) electrons. The van der Waals surface area contributed by atoms with E-state index in [4.69, 9.17) is 14.2 Å². The standard InChI is InChI=1S/C31H37N2O5/c1-19(21-8-4-5-9-21)33-14-13-31-26-10-6-7-11-27(26)32-28(31)24(30(35)36-3)16-23(29(31)33)25-18-37-15-12-22(25)17-38-20(2)34/h4-11,19,22-23,25,29,32H,12-18H2,1-3H3/t19-,22-,23-,25-,29-,31-/m0/s1. The summed E-state index contributed by atoms with van der Waals surface area (Å²) >= 11 is 0. The van der Waals surface area contributed by atoms with Crippen LogP contribution in [0.4, 0.5) is 5.69 Å². The van der Waals surface area contributed by atoms with E-state index in [1.165, 1.54) is 25.5 Å². The molecular weight excluding hydrogens is 480 g/mol. The summed E-state index contributed by atoms with van der Waals surface area (Å²) in [5, 5.41) is 3.68. The molecule has 2 saturated heterocycles. The van der Waals surface area contributed by atoms with E-state index in [9.17, 15) is 9.59 Å². The Morgan fingerprint density at radius 1 is 1.21 bits per heavy atom. The normalized spacial score (nSPS) is 33.8. The average Bonchev–Trinajstić information content (AvgIpc) is 3.68. The van der Waals surface area contributed by atoms with E-state index in [2.05, 4.69) is 61.0 Å². The van der Waals surface area contributed by atoms with Crippen molar-refractivity contribution in [3.63, 3.8) is 0 Å². The molecule has 1 spiro atoms. The van der Waals surface area contributed by atoms with Crippen molar-refractivity contribution in [1.82, 2.24) is 4.90 Å². The summed E-state index contributed by atoms with van der Waals surface area (Å²) in [6.07, 6.45) is 11.0. The highest BCUT2D eigenvalue weighted by molar-refractivity contribution is 5.93. The fourth-order valence-corrected chi connectivity index (χ4v) is 7.91. The molecule has 3 fully saturated rings. The van der Waals surface area contributed by atoms with Crippen LogP contribution in [0.15, 0.2) is 35.5 Å². The Morgan fingerprint density at radius 3 is 2.76 bits per heavy atom. The maximum absolute atomic E-state index is 13.3. The molecule has 1 saturated carbocycles. The molecule has 0 bridgehead atoms. The van der Waals surface area contributed by atoms with Crippen LogP contribution >= 0.6 is 0 Å². The van der Waals surface area contributed by atoms with E-state index in [1.54, 1.807) is 0 Å². The topological polar surface area (TPSA) is 77.1 Å². The van der Waals surface area contributed by atoms with Gasteiger partial charge in [-0.25, -0.2) is 4.79 Å². The maximum atomic E-state index is 13.3. The Hall–Kier alpha value is -2.38. The number of ether oxygens (including phenoxy) is 3. The minimum Gasteiger partial charge on any atom is -0.466 e. The smallest absolute Gasteiger partial charge is 0.335 e. The first-order chi connectivity index (χ1) is 18.5. The summed E-state index contributed by atoms with van der Waals surface area (Å²) in [5.74, 6) is 1.23. The Morgan fingerprint density at radius 2 is 2.00 bits per heavy atom. The fraction of sp³-hybridized carbons (Fsp3) is 0.516. The first kappa shape index (κ1) is 25.9. The number of nitrogens with zero attached hydrogens (tertiary/aromatic N) is 1. The molecule has 38 heavy (non-hydrogen) atoms. The predicted octanol–water partition coefficient (Wildman–Crippen LogP) is 3.88. The summed E-state index contributed by atoms with van der Waals surface area (Å²) < 4.78 is 17.0. The third-order valence-electron chi connectivity index (χ3n) is 9.59. The molecule has 7 nitrogen and oxygen atoms in total. The molecule has 0 unspecified atom stereocenters. The van der Waals surface area contributed by atoms with Crippen molar-refractivity contribution in [2.24, 2.45) is 17.8 Å². The van der Waals surface area contributed by atoms with Crippen molar-refractivity contribution in [1.29, 1.82) is 0 Å². The highest BCUT2D eigenvalue weighted by atomic mass is 16.5. The van der Waals surface area contributed by atoms with Gasteiger partial charge in [0.2, 0.25) is 0 Å². The predicted molar refractivity (Wildman–Crippen MR) is 143 cm³/mol. The average molecular weight is 518 g/mol. The van der Waals surface area contributed by atoms with Gasteiger partial charge in [0.05, 0.1) is 31.3 Å². The van der Waals surface area contributed by atoms with Crippen molar-refractivity contribution < 1.29 is 23.8 Å². The number of likely N-dealkylation sites (tertiary alicyclic amines) is 1. The third-order valence-corrected chi connectivity index (χ3v) is 9.59. The van der Waals surface area contributed by atoms with E-state index in [1.807, 2.05) is 6.07 Å². The second-order valence-electron chi connectivity index (χ2n) is 11.3. The first-order valence-corrected chi connectivity index (χ1v) is 13.8. The van der Waals surface area contributed by atoms with Crippen molar-refractivity contribution in [3.8, 4) is 0 Å². The number of esters is 2. The molecular formula is C31H37N2O5. The number of benzene rings is 1. The maximum Gasteiger partial charge on any atom is 0.335 e. The third kappa shape index (κ3) is 4.08. The molecule has 0 amide bonds. The van der Waals surface area contributed by atoms with E-state index >= 15 is 0 Å². The molecule has 7 heteroatoms. The van der Waals surface area contributed by atoms with Gasteiger partial charge < -0.3 is 19.5 Å². The number of hydrogen-bond donors (Lipinski definition) is 1. The number of hydrogen-bond acceptors (Lipinski definition) is 7. The van der Waals surface area contributed by atoms with Gasteiger partial charge in [-0.2, -0.15) is 0 Å². The van der Waals surface area contributed by atoms with Crippen LogP contribution in [-0.4, -0.2) is 62.4 Å². The molecule has 1 aromatic rings. The molecule has 5 aliphatic rings. The second kappa shape index (κ2) is 10.3. The lowest BCUT2D eigenvalue weighted by atomic mass is 9.58. The van der Waals surface area contributed by atoms with Crippen molar-refractivity contribution in [2.45, 2.75) is 50.6 Å². The van der Waals surface area contributed by atoms with Gasteiger partial charge in [-0.1, -0.05) is 18.2 Å². The van der Waals surface area contributed by atoms with Crippen molar-refractivity contribution >= 4 is 17.6 Å². The number of para-hydroxylation sites is 1. The Bertz CT molecular complexity index is 1110. The number of carbonyl (C=O) groups excluding carboxylic acids is 2. The van der Waals surface area contributed by atoms with Crippen LogP contribution in [-0.2, 0) is 29.2 Å². The summed E-state index contributed by atoms with van der Waals surface area (Å²) in [6, 6.07) is 8.87. The van der Waals surface area contributed by atoms with Gasteiger partial charge in [0.15, 0.2) is 0 Å². The van der Waals surface area contributed by atoms with E-state index < -0.39 is 0 Å². The zero-order chi connectivity index (χ0) is 26.4. The fourth-order valence-electron chi connectivity index (χ4n) is 7.91. The summed E-state index contributed by atoms with van der Waals surface area (Å²) in [4.78, 5) is 27.8. The highest BCUT2D eigenvalue weighted by Gasteiger charge is 2.63. The Balaban J connectivity index is 1.48. The van der Waals surface area contributed by atoms with Gasteiger partial charge in [0, 0.05) is 55.4 Å². The van der Waals surface area contributed by atoms with Gasteiger partial charge in [0.1, 0.15) is 0 Å². The van der Waals surface area contributed by atoms with Crippen LogP contribution in [0.1, 0.15) is 38.7 Å². The lowest BCUT2D eigenvalue weighted by molar-refractivity contribution is -0.145. The number of nitrogens with one attached hydrogen (secondary N) is 1. The largest absolute Gasteiger partial charge is 0.466 e. The van der Waals surface area contributed by atoms with Gasteiger partial charge in [-0.3, -0.25) is 9.69 Å². The van der Waals surface area contributed by atoms with Gasteiger partial charge in [0.25, 0.3) is 0 Å². The molecule has 3 heterocycles. The molecule has 1 N–H and O–H groups in total. The Kier molecular flexibility index (Phi) is 7.02. The number of carbonyl (C=O) groups is 2. The monoisotopic (exact) mass is 517 g/mol. The van der Waals surface area contributed by atoms with Gasteiger partial charge in [-0.15, -0.1) is 0 Å². The van der Waals surface area contributed by atoms with Crippen LogP contribution in [0, 0.1) is 49.4 Å². The molecule has 3 aliphatic heterocycles. The number of rotatable bonds is 6. The Labute approximate surface area is 226 Å². The van der Waals surface area contributed by atoms with Gasteiger partial charge >= 0.3 is 11.9 Å².